The summed E-state index contributed by atoms with van der Waals surface area (Å²) in [7, 11) is 0. The second-order valence-corrected chi connectivity index (χ2v) is 6.43. The van der Waals surface area contributed by atoms with Gasteiger partial charge < -0.3 is 10.0 Å². The fourth-order valence-electron chi connectivity index (χ4n) is 3.33. The molecule has 1 aromatic carbocycles. The lowest BCUT2D eigenvalue weighted by atomic mass is 10.1. The lowest BCUT2D eigenvalue weighted by Gasteiger charge is -2.28. The number of nitrogens with zero attached hydrogens (tertiary/aromatic N) is 2. The van der Waals surface area contributed by atoms with Crippen LogP contribution in [0.5, 0.6) is 0 Å². The summed E-state index contributed by atoms with van der Waals surface area (Å²) >= 11 is 3.66. The van der Waals surface area contributed by atoms with E-state index < -0.39 is 0 Å². The SMILES string of the molecule is OCc1ccc(N2CCCN3CCCC3C2)c(Br)c1. The van der Waals surface area contributed by atoms with Crippen molar-refractivity contribution in [1.29, 1.82) is 0 Å². The molecular weight excluding hydrogens is 304 g/mol. The van der Waals surface area contributed by atoms with Gasteiger partial charge in [-0.1, -0.05) is 6.07 Å². The summed E-state index contributed by atoms with van der Waals surface area (Å²) < 4.78 is 1.10. The molecule has 1 atom stereocenters. The van der Waals surface area contributed by atoms with Crippen LogP contribution >= 0.6 is 15.9 Å². The predicted octanol–water partition coefficient (Wildman–Crippen LogP) is 2.62. The zero-order valence-corrected chi connectivity index (χ0v) is 12.8. The van der Waals surface area contributed by atoms with Crippen molar-refractivity contribution >= 4 is 21.6 Å². The smallest absolute Gasteiger partial charge is 0.0682 e. The number of aliphatic hydroxyl groups excluding tert-OH is 1. The first-order valence-corrected chi connectivity index (χ1v) is 7.95. The van der Waals surface area contributed by atoms with Gasteiger partial charge in [0.2, 0.25) is 0 Å². The molecule has 2 saturated heterocycles. The molecule has 0 amide bonds. The zero-order valence-electron chi connectivity index (χ0n) is 11.2. The quantitative estimate of drug-likeness (QED) is 0.905. The number of aliphatic hydroxyl groups is 1. The van der Waals surface area contributed by atoms with Crippen molar-refractivity contribution in [2.45, 2.75) is 31.9 Å². The van der Waals surface area contributed by atoms with Crippen LogP contribution < -0.4 is 4.90 Å². The van der Waals surface area contributed by atoms with E-state index in [2.05, 4.69) is 31.8 Å². The lowest BCUT2D eigenvalue weighted by Crippen LogP contribution is -2.36. The number of benzene rings is 1. The Bertz CT molecular complexity index is 452. The van der Waals surface area contributed by atoms with E-state index in [1.54, 1.807) is 0 Å². The Labute approximate surface area is 123 Å². The molecule has 2 fully saturated rings. The van der Waals surface area contributed by atoms with Crippen LogP contribution in [0.4, 0.5) is 5.69 Å². The van der Waals surface area contributed by atoms with E-state index in [0.29, 0.717) is 0 Å². The van der Waals surface area contributed by atoms with Gasteiger partial charge in [-0.2, -0.15) is 0 Å². The van der Waals surface area contributed by atoms with Crippen molar-refractivity contribution in [2.24, 2.45) is 0 Å². The molecule has 19 heavy (non-hydrogen) atoms. The molecule has 0 aliphatic carbocycles. The van der Waals surface area contributed by atoms with Gasteiger partial charge in [-0.25, -0.2) is 0 Å². The highest BCUT2D eigenvalue weighted by Crippen LogP contribution is 2.31. The van der Waals surface area contributed by atoms with Gasteiger partial charge in [0.1, 0.15) is 0 Å². The summed E-state index contributed by atoms with van der Waals surface area (Å²) in [5.74, 6) is 0. The number of hydrogen-bond donors (Lipinski definition) is 1. The van der Waals surface area contributed by atoms with E-state index in [0.717, 1.165) is 29.2 Å². The summed E-state index contributed by atoms with van der Waals surface area (Å²) in [6.45, 7) is 4.90. The third-order valence-electron chi connectivity index (χ3n) is 4.34. The Balaban J connectivity index is 1.80. The van der Waals surface area contributed by atoms with Crippen LogP contribution in [0.2, 0.25) is 0 Å². The molecule has 2 heterocycles. The molecule has 2 aliphatic heterocycles. The average molecular weight is 325 g/mol. The Morgan fingerprint density at radius 2 is 2.05 bits per heavy atom. The molecule has 0 bridgehead atoms. The molecule has 0 spiro atoms. The van der Waals surface area contributed by atoms with Crippen LogP contribution in [0.25, 0.3) is 0 Å². The molecule has 0 radical (unpaired) electrons. The van der Waals surface area contributed by atoms with Gasteiger partial charge >= 0.3 is 0 Å². The Hall–Kier alpha value is -0.580. The molecular formula is C15H21BrN2O. The fraction of sp³-hybridized carbons (Fsp3) is 0.600. The van der Waals surface area contributed by atoms with Crippen LogP contribution in [0.1, 0.15) is 24.8 Å². The largest absolute Gasteiger partial charge is 0.392 e. The van der Waals surface area contributed by atoms with Crippen molar-refractivity contribution in [3.05, 3.63) is 28.2 Å². The summed E-state index contributed by atoms with van der Waals surface area (Å²) in [6.07, 6.45) is 3.93. The normalized spacial score (nSPS) is 24.3. The number of hydrogen-bond acceptors (Lipinski definition) is 3. The first-order valence-electron chi connectivity index (χ1n) is 7.16. The second-order valence-electron chi connectivity index (χ2n) is 5.58. The summed E-state index contributed by atoms with van der Waals surface area (Å²) in [5, 5.41) is 9.19. The van der Waals surface area contributed by atoms with Crippen molar-refractivity contribution in [1.82, 2.24) is 4.90 Å². The lowest BCUT2D eigenvalue weighted by molar-refractivity contribution is 0.273. The van der Waals surface area contributed by atoms with Crippen LogP contribution in [0.3, 0.4) is 0 Å². The number of anilines is 1. The molecule has 0 saturated carbocycles. The van der Waals surface area contributed by atoms with Crippen LogP contribution in [0, 0.1) is 0 Å². The minimum absolute atomic E-state index is 0.106. The van der Waals surface area contributed by atoms with E-state index >= 15 is 0 Å². The zero-order chi connectivity index (χ0) is 13.2. The highest BCUT2D eigenvalue weighted by atomic mass is 79.9. The number of fused-ring (bicyclic) bond motifs is 1. The predicted molar refractivity (Wildman–Crippen MR) is 81.5 cm³/mol. The van der Waals surface area contributed by atoms with E-state index in [4.69, 9.17) is 0 Å². The molecule has 0 aromatic heterocycles. The summed E-state index contributed by atoms with van der Waals surface area (Å²) in [5.41, 5.74) is 2.24. The van der Waals surface area contributed by atoms with Gasteiger partial charge in [0.25, 0.3) is 0 Å². The molecule has 1 N–H and O–H groups in total. The molecule has 1 aromatic rings. The molecule has 3 rings (SSSR count). The number of rotatable bonds is 2. The van der Waals surface area contributed by atoms with Crippen molar-refractivity contribution < 1.29 is 5.11 Å². The number of halogens is 1. The summed E-state index contributed by atoms with van der Waals surface area (Å²) in [4.78, 5) is 5.15. The highest BCUT2D eigenvalue weighted by molar-refractivity contribution is 9.10. The molecule has 4 heteroatoms. The summed E-state index contributed by atoms with van der Waals surface area (Å²) in [6, 6.07) is 6.93. The first-order chi connectivity index (χ1) is 9.28. The minimum atomic E-state index is 0.106. The maximum Gasteiger partial charge on any atom is 0.0682 e. The molecule has 104 valence electrons. The molecule has 1 unspecified atom stereocenters. The maximum atomic E-state index is 9.19. The van der Waals surface area contributed by atoms with E-state index in [1.807, 2.05) is 12.1 Å². The van der Waals surface area contributed by atoms with Gasteiger partial charge in [-0.05, 0) is 59.4 Å². The van der Waals surface area contributed by atoms with Crippen molar-refractivity contribution in [2.75, 3.05) is 31.1 Å². The van der Waals surface area contributed by atoms with E-state index in [1.165, 1.54) is 38.0 Å². The van der Waals surface area contributed by atoms with Crippen LogP contribution in [0.15, 0.2) is 22.7 Å². The monoisotopic (exact) mass is 324 g/mol. The molecule has 3 nitrogen and oxygen atoms in total. The third kappa shape index (κ3) is 2.81. The van der Waals surface area contributed by atoms with Gasteiger partial charge in [0.15, 0.2) is 0 Å². The van der Waals surface area contributed by atoms with Gasteiger partial charge in [-0.3, -0.25) is 4.90 Å². The van der Waals surface area contributed by atoms with Crippen molar-refractivity contribution in [3.63, 3.8) is 0 Å². The second kappa shape index (κ2) is 5.81. The standard InChI is InChI=1S/C15H21BrN2O/c16-14-9-12(11-19)4-5-15(14)18-8-2-7-17-6-1-3-13(17)10-18/h4-5,9,13,19H,1-3,6-8,10-11H2. The van der Waals surface area contributed by atoms with Crippen molar-refractivity contribution in [3.8, 4) is 0 Å². The van der Waals surface area contributed by atoms with Gasteiger partial charge in [0, 0.05) is 30.1 Å². The Kier molecular flexibility index (Phi) is 4.10. The molecule has 2 aliphatic rings. The van der Waals surface area contributed by atoms with E-state index in [-0.39, 0.29) is 6.61 Å². The Morgan fingerprint density at radius 3 is 2.84 bits per heavy atom. The minimum Gasteiger partial charge on any atom is -0.392 e. The topological polar surface area (TPSA) is 26.7 Å². The van der Waals surface area contributed by atoms with E-state index in [9.17, 15) is 5.11 Å². The highest BCUT2D eigenvalue weighted by Gasteiger charge is 2.29. The first kappa shape index (κ1) is 13.4. The Morgan fingerprint density at radius 1 is 1.21 bits per heavy atom. The van der Waals surface area contributed by atoms with Crippen LogP contribution in [-0.2, 0) is 6.61 Å². The third-order valence-corrected chi connectivity index (χ3v) is 4.97. The fourth-order valence-corrected chi connectivity index (χ4v) is 4.01. The van der Waals surface area contributed by atoms with Gasteiger partial charge in [-0.15, -0.1) is 0 Å². The van der Waals surface area contributed by atoms with Crippen LogP contribution in [-0.4, -0.2) is 42.2 Å². The maximum absolute atomic E-state index is 9.19. The average Bonchev–Trinajstić information content (AvgIpc) is 2.76. The van der Waals surface area contributed by atoms with Gasteiger partial charge in [0.05, 0.1) is 12.3 Å².